The third-order valence-corrected chi connectivity index (χ3v) is 3.03. The van der Waals surface area contributed by atoms with E-state index < -0.39 is 5.97 Å². The average molecular weight is 221 g/mol. The minimum absolute atomic E-state index is 0.384. The second-order valence-corrected chi connectivity index (χ2v) is 4.19. The minimum atomic E-state index is -0.971. The van der Waals surface area contributed by atoms with Gasteiger partial charge in [0.2, 0.25) is 0 Å². The molecule has 0 atom stereocenters. The first-order valence-corrected chi connectivity index (χ1v) is 5.52. The van der Waals surface area contributed by atoms with E-state index in [1.807, 2.05) is 31.3 Å². The second-order valence-electron chi connectivity index (χ2n) is 4.19. The van der Waals surface area contributed by atoms with Crippen LogP contribution in [-0.2, 0) is 20.2 Å². The van der Waals surface area contributed by atoms with Crippen LogP contribution in [0.25, 0.3) is 0 Å². The maximum absolute atomic E-state index is 5.68. The Balaban J connectivity index is 1.94. The number of hydrogen-bond donors (Lipinski definition) is 1. The summed E-state index contributed by atoms with van der Waals surface area (Å²) in [6, 6.07) is 7.92. The first-order valence-electron chi connectivity index (χ1n) is 5.52. The van der Waals surface area contributed by atoms with Gasteiger partial charge in [0.1, 0.15) is 0 Å². The number of hydrogen-bond acceptors (Lipinski definition) is 4. The van der Waals surface area contributed by atoms with Gasteiger partial charge in [-0.05, 0) is 12.1 Å². The quantitative estimate of drug-likeness (QED) is 0.822. The molecule has 86 valence electrons. The predicted octanol–water partition coefficient (Wildman–Crippen LogP) is 1.53. The van der Waals surface area contributed by atoms with Crippen LogP contribution in [0.5, 0.6) is 0 Å². The highest BCUT2D eigenvalue weighted by molar-refractivity contribution is 5.45. The summed E-state index contributed by atoms with van der Waals surface area (Å²) in [5.74, 6) is -0.587. The average Bonchev–Trinajstić information content (AvgIpc) is 2.41. The summed E-state index contributed by atoms with van der Waals surface area (Å²) in [6.45, 7) is 2.14. The van der Waals surface area contributed by atoms with Gasteiger partial charge in [0.15, 0.2) is 0 Å². The van der Waals surface area contributed by atoms with Gasteiger partial charge >= 0.3 is 5.97 Å². The summed E-state index contributed by atoms with van der Waals surface area (Å²) >= 11 is 0. The first-order chi connectivity index (χ1) is 7.82. The molecule has 0 radical (unpaired) electrons. The SMILES string of the molecule is CNc1cccc(C23OCC(CO2)CO3)c1. The van der Waals surface area contributed by atoms with E-state index in [1.54, 1.807) is 0 Å². The molecule has 0 aromatic heterocycles. The molecule has 3 saturated heterocycles. The summed E-state index contributed by atoms with van der Waals surface area (Å²) in [5.41, 5.74) is 1.94. The number of nitrogens with one attached hydrogen (secondary N) is 1. The molecule has 0 aliphatic carbocycles. The fourth-order valence-electron chi connectivity index (χ4n) is 2.07. The van der Waals surface area contributed by atoms with Crippen LogP contribution in [-0.4, -0.2) is 26.9 Å². The minimum Gasteiger partial charge on any atom is -0.388 e. The maximum Gasteiger partial charge on any atom is 0.312 e. The molecular weight excluding hydrogens is 206 g/mol. The molecule has 1 N–H and O–H groups in total. The van der Waals surface area contributed by atoms with Crippen LogP contribution in [0, 0.1) is 5.92 Å². The van der Waals surface area contributed by atoms with Crippen molar-refractivity contribution >= 4 is 5.69 Å². The molecule has 0 unspecified atom stereocenters. The molecule has 4 rings (SSSR count). The number of ether oxygens (including phenoxy) is 3. The highest BCUT2D eigenvalue weighted by Crippen LogP contribution is 2.39. The molecule has 2 bridgehead atoms. The summed E-state index contributed by atoms with van der Waals surface area (Å²) in [5, 5.41) is 3.09. The zero-order chi connectivity index (χ0) is 11.0. The molecule has 0 spiro atoms. The molecule has 1 aromatic rings. The van der Waals surface area contributed by atoms with E-state index in [2.05, 4.69) is 5.32 Å². The van der Waals surface area contributed by atoms with Crippen molar-refractivity contribution in [1.82, 2.24) is 0 Å². The Morgan fingerprint density at radius 1 is 1.19 bits per heavy atom. The van der Waals surface area contributed by atoms with Crippen molar-refractivity contribution in [3.8, 4) is 0 Å². The van der Waals surface area contributed by atoms with Crippen molar-refractivity contribution in [2.45, 2.75) is 5.97 Å². The van der Waals surface area contributed by atoms with Gasteiger partial charge in [-0.15, -0.1) is 0 Å². The molecule has 4 nitrogen and oxygen atoms in total. The third kappa shape index (κ3) is 1.50. The van der Waals surface area contributed by atoms with Gasteiger partial charge in [-0.1, -0.05) is 12.1 Å². The van der Waals surface area contributed by atoms with Crippen molar-refractivity contribution < 1.29 is 14.2 Å². The maximum atomic E-state index is 5.68. The lowest BCUT2D eigenvalue weighted by molar-refractivity contribution is -0.460. The lowest BCUT2D eigenvalue weighted by Crippen LogP contribution is -2.51. The zero-order valence-corrected chi connectivity index (χ0v) is 9.23. The van der Waals surface area contributed by atoms with Gasteiger partial charge in [0.25, 0.3) is 0 Å². The van der Waals surface area contributed by atoms with E-state index in [4.69, 9.17) is 14.2 Å². The van der Waals surface area contributed by atoms with Crippen LogP contribution in [0.15, 0.2) is 24.3 Å². The van der Waals surface area contributed by atoms with Crippen molar-refractivity contribution in [3.05, 3.63) is 29.8 Å². The molecule has 4 heteroatoms. The van der Waals surface area contributed by atoms with Crippen LogP contribution in [0.2, 0.25) is 0 Å². The summed E-state index contributed by atoms with van der Waals surface area (Å²) in [7, 11) is 1.89. The molecule has 16 heavy (non-hydrogen) atoms. The van der Waals surface area contributed by atoms with Crippen LogP contribution in [0.1, 0.15) is 5.56 Å². The van der Waals surface area contributed by atoms with Crippen LogP contribution < -0.4 is 5.32 Å². The second kappa shape index (κ2) is 3.73. The standard InChI is InChI=1S/C12H15NO3/c1-13-11-4-2-3-10(5-11)12-14-6-9(7-15-12)8-16-12/h2-5,9,13H,6-8H2,1H3. The predicted molar refractivity (Wildman–Crippen MR) is 59.0 cm³/mol. The highest BCUT2D eigenvalue weighted by Gasteiger charge is 2.46. The number of fused-ring (bicyclic) bond motifs is 3. The Morgan fingerprint density at radius 3 is 2.50 bits per heavy atom. The Kier molecular flexibility index (Phi) is 2.35. The van der Waals surface area contributed by atoms with Crippen molar-refractivity contribution in [1.29, 1.82) is 0 Å². The van der Waals surface area contributed by atoms with E-state index in [0.717, 1.165) is 11.3 Å². The van der Waals surface area contributed by atoms with E-state index in [9.17, 15) is 0 Å². The molecule has 3 heterocycles. The molecule has 3 aliphatic rings. The van der Waals surface area contributed by atoms with Gasteiger partial charge in [-0.3, -0.25) is 0 Å². The topological polar surface area (TPSA) is 39.7 Å². The molecule has 3 aliphatic heterocycles. The lowest BCUT2D eigenvalue weighted by atomic mass is 10.1. The Labute approximate surface area is 94.5 Å². The van der Waals surface area contributed by atoms with Gasteiger partial charge in [0.05, 0.1) is 19.8 Å². The number of benzene rings is 1. The van der Waals surface area contributed by atoms with Gasteiger partial charge in [-0.2, -0.15) is 0 Å². The first kappa shape index (κ1) is 10.1. The molecule has 1 aromatic carbocycles. The van der Waals surface area contributed by atoms with Crippen LogP contribution in [0.3, 0.4) is 0 Å². The van der Waals surface area contributed by atoms with Crippen molar-refractivity contribution in [2.24, 2.45) is 5.92 Å². The molecular formula is C12H15NO3. The molecule has 3 fully saturated rings. The Morgan fingerprint density at radius 2 is 1.88 bits per heavy atom. The van der Waals surface area contributed by atoms with Crippen LogP contribution in [0.4, 0.5) is 5.69 Å². The fourth-order valence-corrected chi connectivity index (χ4v) is 2.07. The number of rotatable bonds is 2. The van der Waals surface area contributed by atoms with E-state index >= 15 is 0 Å². The van der Waals surface area contributed by atoms with E-state index in [1.165, 1.54) is 0 Å². The van der Waals surface area contributed by atoms with Gasteiger partial charge < -0.3 is 19.5 Å². The number of anilines is 1. The van der Waals surface area contributed by atoms with Crippen molar-refractivity contribution in [2.75, 3.05) is 32.2 Å². The Bertz CT molecular complexity index is 372. The summed E-state index contributed by atoms with van der Waals surface area (Å²) in [6.07, 6.45) is 0. The smallest absolute Gasteiger partial charge is 0.312 e. The van der Waals surface area contributed by atoms with E-state index in [0.29, 0.717) is 25.7 Å². The third-order valence-electron chi connectivity index (χ3n) is 3.03. The largest absolute Gasteiger partial charge is 0.388 e. The zero-order valence-electron chi connectivity index (χ0n) is 9.23. The van der Waals surface area contributed by atoms with Gasteiger partial charge in [0, 0.05) is 24.2 Å². The highest BCUT2D eigenvalue weighted by atomic mass is 16.9. The van der Waals surface area contributed by atoms with E-state index in [-0.39, 0.29) is 0 Å². The monoisotopic (exact) mass is 221 g/mol. The fraction of sp³-hybridized carbons (Fsp3) is 0.500. The molecule has 0 amide bonds. The Hall–Kier alpha value is -1.10. The summed E-state index contributed by atoms with van der Waals surface area (Å²) in [4.78, 5) is 0. The van der Waals surface area contributed by atoms with Gasteiger partial charge in [-0.25, -0.2) is 0 Å². The van der Waals surface area contributed by atoms with Crippen LogP contribution >= 0.6 is 0 Å². The molecule has 0 saturated carbocycles. The lowest BCUT2D eigenvalue weighted by Gasteiger charge is -2.45. The normalized spacial score (nSPS) is 32.7. The summed E-state index contributed by atoms with van der Waals surface area (Å²) < 4.78 is 17.0. The van der Waals surface area contributed by atoms with Crippen molar-refractivity contribution in [3.63, 3.8) is 0 Å².